The van der Waals surface area contributed by atoms with Crippen LogP contribution in [0, 0.1) is 40.4 Å². The van der Waals surface area contributed by atoms with Crippen LogP contribution in [0.5, 0.6) is 0 Å². The number of ether oxygens (including phenoxy) is 1. The first kappa shape index (κ1) is 50.8. The van der Waals surface area contributed by atoms with Gasteiger partial charge in [0, 0.05) is 35.5 Å². The van der Waals surface area contributed by atoms with E-state index in [2.05, 4.69) is 84.5 Å². The minimum Gasteiger partial charge on any atom is -0.449 e. The van der Waals surface area contributed by atoms with Crippen LogP contribution >= 0.6 is 0 Å². The summed E-state index contributed by atoms with van der Waals surface area (Å²) in [6, 6.07) is 28.4. The summed E-state index contributed by atoms with van der Waals surface area (Å²) in [5.41, 5.74) is 8.18. The number of carbonyl (C=O) groups is 6. The Morgan fingerprint density at radius 2 is 1.14 bits per heavy atom. The fourth-order valence-corrected chi connectivity index (χ4v) is 14.2. The lowest BCUT2D eigenvalue weighted by atomic mass is 9.49. The number of carbonyl (C=O) groups excluding carboxylic acids is 6. The average molecular weight is 975 g/mol. The van der Waals surface area contributed by atoms with Crippen molar-refractivity contribution >= 4 is 46.9 Å². The van der Waals surface area contributed by atoms with Crippen molar-refractivity contribution in [3.63, 3.8) is 0 Å². The Morgan fingerprint density at radius 1 is 0.639 bits per heavy atom. The van der Waals surface area contributed by atoms with Crippen molar-refractivity contribution in [2.45, 2.75) is 143 Å². The maximum atomic E-state index is 14.9. The summed E-state index contributed by atoms with van der Waals surface area (Å²) in [7, 11) is 0. The number of aryl methyl sites for hydroxylation is 2. The highest BCUT2D eigenvalue weighted by Gasteiger charge is 2.58. The first-order valence-corrected chi connectivity index (χ1v) is 26.6. The largest absolute Gasteiger partial charge is 0.449 e. The molecule has 2 saturated carbocycles. The van der Waals surface area contributed by atoms with Crippen LogP contribution in [0.4, 0.5) is 16.2 Å². The zero-order valence-corrected chi connectivity index (χ0v) is 43.6. The summed E-state index contributed by atoms with van der Waals surface area (Å²) in [6.07, 6.45) is 7.49. The smallest absolute Gasteiger partial charge is 0.407 e. The summed E-state index contributed by atoms with van der Waals surface area (Å²) < 4.78 is 5.67. The monoisotopic (exact) mass is 975 g/mol. The first-order chi connectivity index (χ1) is 34.3. The van der Waals surface area contributed by atoms with Crippen molar-refractivity contribution in [2.75, 3.05) is 23.8 Å². The summed E-state index contributed by atoms with van der Waals surface area (Å²) >= 11 is 0. The van der Waals surface area contributed by atoms with Gasteiger partial charge < -0.3 is 20.7 Å². The molecular weight excluding hydrogens is 901 g/mol. The van der Waals surface area contributed by atoms with Crippen molar-refractivity contribution in [3.05, 3.63) is 118 Å². The predicted molar refractivity (Wildman–Crippen MR) is 281 cm³/mol. The summed E-state index contributed by atoms with van der Waals surface area (Å²) in [5.74, 6) is -1.37. The number of fused-ring (bicyclic) bond motifs is 9. The Bertz CT molecular complexity index is 2770. The van der Waals surface area contributed by atoms with Gasteiger partial charge in [0.15, 0.2) is 0 Å². The van der Waals surface area contributed by atoms with Crippen LogP contribution in [0.2, 0.25) is 0 Å². The van der Waals surface area contributed by atoms with Crippen LogP contribution < -0.4 is 21.3 Å². The molecule has 0 radical (unpaired) electrons. The second-order valence-electron chi connectivity index (χ2n) is 23.4. The van der Waals surface area contributed by atoms with Crippen LogP contribution in [-0.2, 0) is 52.4 Å². The van der Waals surface area contributed by atoms with Gasteiger partial charge in [-0.15, -0.1) is 0 Å². The van der Waals surface area contributed by atoms with Crippen LogP contribution in [0.15, 0.2) is 84.9 Å². The lowest BCUT2D eigenvalue weighted by Gasteiger charge is -2.56. The number of Topliss-reactive ketones (excluding diaryl/α,β-unsaturated/α-hetero) is 1. The molecule has 4 aromatic carbocycles. The van der Waals surface area contributed by atoms with Gasteiger partial charge >= 0.3 is 6.09 Å². The molecule has 11 nitrogen and oxygen atoms in total. The number of ketones is 1. The predicted octanol–water partition coefficient (Wildman–Crippen LogP) is 11.4. The number of hydrogen-bond acceptors (Lipinski definition) is 7. The normalized spacial score (nSPS) is 26.7. The van der Waals surface area contributed by atoms with Crippen molar-refractivity contribution in [2.24, 2.45) is 40.4 Å². The molecule has 5 amide bonds. The average Bonchev–Trinajstić information content (AvgIpc) is 3.68. The van der Waals surface area contributed by atoms with Crippen LogP contribution in [-0.4, -0.2) is 48.7 Å². The van der Waals surface area contributed by atoms with Crippen molar-refractivity contribution in [3.8, 4) is 11.1 Å². The zero-order valence-electron chi connectivity index (χ0n) is 43.6. The van der Waals surface area contributed by atoms with E-state index in [1.54, 1.807) is 6.92 Å². The Kier molecular flexibility index (Phi) is 13.9. The summed E-state index contributed by atoms with van der Waals surface area (Å²) in [5, 5.41) is 11.8. The molecule has 0 heterocycles. The molecule has 4 N–H and O–H groups in total. The van der Waals surface area contributed by atoms with E-state index < -0.39 is 22.8 Å². The van der Waals surface area contributed by atoms with E-state index in [-0.39, 0.29) is 89.4 Å². The number of rotatable bonds is 13. The molecule has 0 aromatic heterocycles. The molecule has 11 heteroatoms. The molecule has 4 aromatic rings. The van der Waals surface area contributed by atoms with Gasteiger partial charge in [0.2, 0.25) is 23.6 Å². The molecule has 5 aliphatic carbocycles. The number of benzene rings is 4. The SMILES string of the molecule is CC(C)[C@H](C)C(=O)C[C@@H](C)C(=O)Nc1ccc2c(c1)[C@@]1(C)CCC[C@](C)(C(=O)NC(=O)[C@@]3(C)CCC[C@]4(C)c5cc(NC(=O)CNC(=O)OCC6c7ccccc7-c7ccccc76)ccc5CC[C@@H]34)[C@@H]1CC2. The highest BCUT2D eigenvalue weighted by molar-refractivity contribution is 6.01. The Morgan fingerprint density at radius 3 is 1.65 bits per heavy atom. The summed E-state index contributed by atoms with van der Waals surface area (Å²) in [4.78, 5) is 82.2. The van der Waals surface area contributed by atoms with Crippen molar-refractivity contribution in [1.29, 1.82) is 0 Å². The highest BCUT2D eigenvalue weighted by atomic mass is 16.5. The van der Waals surface area contributed by atoms with E-state index in [1.165, 1.54) is 11.1 Å². The van der Waals surface area contributed by atoms with Crippen LogP contribution in [0.3, 0.4) is 0 Å². The van der Waals surface area contributed by atoms with Gasteiger partial charge in [0.1, 0.15) is 18.9 Å². The molecule has 380 valence electrons. The Balaban J connectivity index is 0.834. The van der Waals surface area contributed by atoms with Gasteiger partial charge in [0.05, 0.1) is 10.8 Å². The number of anilines is 2. The van der Waals surface area contributed by atoms with Crippen LogP contribution in [0.25, 0.3) is 11.1 Å². The fourth-order valence-electron chi connectivity index (χ4n) is 14.2. The van der Waals surface area contributed by atoms with E-state index in [1.807, 2.05) is 70.2 Å². The molecule has 9 rings (SSSR count). The van der Waals surface area contributed by atoms with Gasteiger partial charge in [-0.3, -0.25) is 29.3 Å². The zero-order chi connectivity index (χ0) is 51.3. The molecule has 5 aliphatic rings. The Hall–Kier alpha value is -6.10. The molecule has 2 fully saturated rings. The molecular formula is C61H74N4O7. The third-order valence-corrected chi connectivity index (χ3v) is 18.7. The molecule has 72 heavy (non-hydrogen) atoms. The maximum Gasteiger partial charge on any atom is 0.407 e. The van der Waals surface area contributed by atoms with E-state index in [0.717, 1.165) is 84.7 Å². The minimum absolute atomic E-state index is 0.0206. The molecule has 0 spiro atoms. The third kappa shape index (κ3) is 9.19. The number of hydrogen-bond donors (Lipinski definition) is 4. The summed E-state index contributed by atoms with van der Waals surface area (Å²) in [6.45, 7) is 16.3. The highest BCUT2D eigenvalue weighted by Crippen LogP contribution is 2.60. The number of amides is 5. The lowest BCUT2D eigenvalue weighted by molar-refractivity contribution is -0.150. The maximum absolute atomic E-state index is 14.9. The Labute approximate surface area is 425 Å². The standard InChI is InChI=1S/C61H74N4O7/c1-36(2)38(4)50(66)31-37(3)54(68)64-42-24-20-40-22-26-52-59(6,49(40)33-42)28-14-30-61(52,8)56(70)65-55(69)60(7)29-13-27-58(5)48-32-41(23-19-39(48)21-25-51(58)60)63-53(67)34-62-57(71)72-35-47-45-17-11-9-15-43(45)44-16-10-12-18-46(44)47/h9-12,15-20,23-24,32-33,36-38,47,51-52H,13-14,21-22,25-31,34-35H2,1-8H3,(H,62,71)(H,63,67)(H,64,68)(H,65,69,70)/t37-,38+,51-,52-,58-,59-,60+,61+/m1/s1. The van der Waals surface area contributed by atoms with Gasteiger partial charge in [0.25, 0.3) is 0 Å². The van der Waals surface area contributed by atoms with Crippen molar-refractivity contribution in [1.82, 2.24) is 10.6 Å². The second-order valence-corrected chi connectivity index (χ2v) is 23.4. The topological polar surface area (TPSA) is 160 Å². The van der Waals surface area contributed by atoms with E-state index in [0.29, 0.717) is 24.2 Å². The fraction of sp³-hybridized carbons (Fsp3) is 0.508. The van der Waals surface area contributed by atoms with E-state index in [9.17, 15) is 28.8 Å². The second kappa shape index (κ2) is 19.7. The molecule has 0 unspecified atom stereocenters. The quantitative estimate of drug-likeness (QED) is 0.0970. The van der Waals surface area contributed by atoms with Gasteiger partial charge in [-0.25, -0.2) is 4.79 Å². The van der Waals surface area contributed by atoms with Crippen molar-refractivity contribution < 1.29 is 33.5 Å². The molecule has 8 atom stereocenters. The number of nitrogens with one attached hydrogen (secondary N) is 4. The van der Waals surface area contributed by atoms with Gasteiger partial charge in [-0.05, 0) is 149 Å². The van der Waals surface area contributed by atoms with Gasteiger partial charge in [-0.2, -0.15) is 0 Å². The minimum atomic E-state index is -0.804. The lowest BCUT2D eigenvalue weighted by Crippen LogP contribution is -2.60. The van der Waals surface area contributed by atoms with E-state index in [4.69, 9.17) is 4.74 Å². The molecule has 0 saturated heterocycles. The number of alkyl carbamates (subject to hydrolysis) is 1. The molecule has 0 bridgehead atoms. The number of imide groups is 1. The van der Waals surface area contributed by atoms with Gasteiger partial charge in [-0.1, -0.05) is 129 Å². The van der Waals surface area contributed by atoms with E-state index >= 15 is 0 Å². The third-order valence-electron chi connectivity index (χ3n) is 18.7. The first-order valence-electron chi connectivity index (χ1n) is 26.6. The van der Waals surface area contributed by atoms with Crippen LogP contribution in [0.1, 0.15) is 152 Å². The molecule has 0 aliphatic heterocycles.